The van der Waals surface area contributed by atoms with E-state index in [1.165, 1.54) is 10.4 Å². The fourth-order valence-electron chi connectivity index (χ4n) is 2.35. The number of carboxylic acid groups (broad SMARTS) is 1. The van der Waals surface area contributed by atoms with Crippen molar-refractivity contribution in [2.75, 3.05) is 13.1 Å². The van der Waals surface area contributed by atoms with Gasteiger partial charge < -0.3 is 10.2 Å². The van der Waals surface area contributed by atoms with Crippen LogP contribution in [0.4, 0.5) is 0 Å². The number of carbonyl (C=O) groups is 1. The van der Waals surface area contributed by atoms with Gasteiger partial charge in [0, 0.05) is 18.0 Å². The van der Waals surface area contributed by atoms with Crippen molar-refractivity contribution in [2.45, 2.75) is 42.4 Å². The molecular formula is C13H19NO5S2. The summed E-state index contributed by atoms with van der Waals surface area (Å²) in [5.41, 5.74) is -0.825. The molecule has 0 aromatic carbocycles. The summed E-state index contributed by atoms with van der Waals surface area (Å²) in [7, 11) is -3.60. The number of thiophene rings is 1. The molecule has 0 spiro atoms. The molecule has 0 aliphatic carbocycles. The highest BCUT2D eigenvalue weighted by atomic mass is 32.2. The zero-order valence-corrected chi connectivity index (χ0v) is 13.4. The van der Waals surface area contributed by atoms with E-state index in [4.69, 9.17) is 5.11 Å². The lowest BCUT2D eigenvalue weighted by molar-refractivity contribution is -0.136. The van der Waals surface area contributed by atoms with E-state index >= 15 is 0 Å². The number of hydrogen-bond acceptors (Lipinski definition) is 5. The van der Waals surface area contributed by atoms with E-state index in [2.05, 4.69) is 0 Å². The second-order valence-electron chi connectivity index (χ2n) is 5.55. The third-order valence-corrected chi connectivity index (χ3v) is 7.03. The monoisotopic (exact) mass is 333 g/mol. The summed E-state index contributed by atoms with van der Waals surface area (Å²) >= 11 is 0.996. The fourth-order valence-corrected chi connectivity index (χ4v) is 5.33. The van der Waals surface area contributed by atoms with E-state index in [9.17, 15) is 18.3 Å². The minimum absolute atomic E-state index is 0.167. The molecular weight excluding hydrogens is 314 g/mol. The summed E-state index contributed by atoms with van der Waals surface area (Å²) in [6.07, 6.45) is 1.42. The van der Waals surface area contributed by atoms with Crippen molar-refractivity contribution in [3.8, 4) is 0 Å². The van der Waals surface area contributed by atoms with Crippen LogP contribution in [0, 0.1) is 0 Å². The first-order chi connectivity index (χ1) is 9.71. The van der Waals surface area contributed by atoms with Crippen molar-refractivity contribution in [2.24, 2.45) is 0 Å². The quantitative estimate of drug-likeness (QED) is 0.866. The Hall–Kier alpha value is -0.960. The van der Waals surface area contributed by atoms with E-state index in [1.807, 2.05) is 0 Å². The van der Waals surface area contributed by atoms with Gasteiger partial charge in [-0.1, -0.05) is 0 Å². The summed E-state index contributed by atoms with van der Waals surface area (Å²) in [5.74, 6) is -0.980. The molecule has 2 rings (SSSR count). The molecule has 1 saturated heterocycles. The van der Waals surface area contributed by atoms with Gasteiger partial charge >= 0.3 is 5.97 Å². The number of carboxylic acids is 1. The summed E-state index contributed by atoms with van der Waals surface area (Å²) in [5, 5.41) is 18.8. The number of aliphatic carboxylic acids is 1. The molecule has 0 saturated carbocycles. The molecule has 21 heavy (non-hydrogen) atoms. The first kappa shape index (κ1) is 16.4. The molecule has 2 N–H and O–H groups in total. The Balaban J connectivity index is 2.17. The van der Waals surface area contributed by atoms with Gasteiger partial charge in [0.25, 0.3) is 10.0 Å². The Morgan fingerprint density at radius 3 is 2.76 bits per heavy atom. The number of aliphatic hydroxyl groups is 1. The summed E-state index contributed by atoms with van der Waals surface area (Å²) in [6, 6.07) is 3.00. The Labute approximate surface area is 128 Å². The molecule has 0 radical (unpaired) electrons. The third kappa shape index (κ3) is 4.03. The predicted molar refractivity (Wildman–Crippen MR) is 78.9 cm³/mol. The molecule has 1 aromatic rings. The topological polar surface area (TPSA) is 94.9 Å². The maximum atomic E-state index is 12.6. The molecule has 1 aliphatic heterocycles. The molecule has 1 fully saturated rings. The van der Waals surface area contributed by atoms with E-state index in [-0.39, 0.29) is 17.2 Å². The molecule has 1 aliphatic rings. The van der Waals surface area contributed by atoms with E-state index in [0.717, 1.165) is 11.3 Å². The lowest BCUT2D eigenvalue weighted by Crippen LogP contribution is -2.33. The standard InChI is InChI=1S/C13H19NO5S2/c1-13(17)5-2-7-14(8-6-13)21(18,19)12-4-3-10(20-12)9-11(15)16/h3-4,17H,2,5-9H2,1H3,(H,15,16). The van der Waals surface area contributed by atoms with E-state index in [1.54, 1.807) is 13.0 Å². The van der Waals surface area contributed by atoms with Crippen LogP contribution in [0.2, 0.25) is 0 Å². The van der Waals surface area contributed by atoms with E-state index < -0.39 is 21.6 Å². The number of nitrogens with zero attached hydrogens (tertiary/aromatic N) is 1. The summed E-state index contributed by atoms with van der Waals surface area (Å²) in [4.78, 5) is 11.2. The molecule has 2 heterocycles. The fraction of sp³-hybridized carbons (Fsp3) is 0.615. The van der Waals surface area contributed by atoms with Gasteiger partial charge in [-0.25, -0.2) is 8.42 Å². The molecule has 0 bridgehead atoms. The van der Waals surface area contributed by atoms with Crippen molar-refractivity contribution in [1.29, 1.82) is 0 Å². The highest BCUT2D eigenvalue weighted by molar-refractivity contribution is 7.91. The van der Waals surface area contributed by atoms with Crippen LogP contribution >= 0.6 is 11.3 Å². The van der Waals surface area contributed by atoms with Gasteiger partial charge in [-0.15, -0.1) is 11.3 Å². The highest BCUT2D eigenvalue weighted by Crippen LogP contribution is 2.29. The third-order valence-electron chi connectivity index (χ3n) is 3.58. The summed E-state index contributed by atoms with van der Waals surface area (Å²) in [6.45, 7) is 2.38. The van der Waals surface area contributed by atoms with Gasteiger partial charge in [0.05, 0.1) is 12.0 Å². The first-order valence-electron chi connectivity index (χ1n) is 6.74. The van der Waals surface area contributed by atoms with Gasteiger partial charge in [-0.2, -0.15) is 4.31 Å². The molecule has 1 aromatic heterocycles. The highest BCUT2D eigenvalue weighted by Gasteiger charge is 2.32. The molecule has 1 atom stereocenters. The van der Waals surface area contributed by atoms with Crippen molar-refractivity contribution in [3.63, 3.8) is 0 Å². The Morgan fingerprint density at radius 1 is 1.38 bits per heavy atom. The second-order valence-corrected chi connectivity index (χ2v) is 8.88. The van der Waals surface area contributed by atoms with Crippen LogP contribution in [0.15, 0.2) is 16.3 Å². The number of hydrogen-bond donors (Lipinski definition) is 2. The Kier molecular flexibility index (Phi) is 4.72. The Morgan fingerprint density at radius 2 is 2.10 bits per heavy atom. The predicted octanol–water partition coefficient (Wildman–Crippen LogP) is 1.30. The molecule has 6 nitrogen and oxygen atoms in total. The molecule has 8 heteroatoms. The first-order valence-corrected chi connectivity index (χ1v) is 8.99. The second kappa shape index (κ2) is 6.04. The normalized spacial score (nSPS) is 24.7. The largest absolute Gasteiger partial charge is 0.481 e. The van der Waals surface area contributed by atoms with Crippen LogP contribution in [0.25, 0.3) is 0 Å². The number of rotatable bonds is 4. The average Bonchev–Trinajstić information content (AvgIpc) is 2.73. The molecule has 0 amide bonds. The lowest BCUT2D eigenvalue weighted by atomic mass is 9.98. The summed E-state index contributed by atoms with van der Waals surface area (Å²) < 4.78 is 26.7. The zero-order valence-electron chi connectivity index (χ0n) is 11.8. The van der Waals surface area contributed by atoms with Gasteiger partial charge in [-0.05, 0) is 38.3 Å². The molecule has 118 valence electrons. The lowest BCUT2D eigenvalue weighted by Gasteiger charge is -2.21. The average molecular weight is 333 g/mol. The van der Waals surface area contributed by atoms with Crippen molar-refractivity contribution in [1.82, 2.24) is 4.31 Å². The minimum Gasteiger partial charge on any atom is -0.481 e. The minimum atomic E-state index is -3.60. The van der Waals surface area contributed by atoms with Crippen molar-refractivity contribution < 1.29 is 23.4 Å². The Bertz CT molecular complexity index is 620. The van der Waals surface area contributed by atoms with Crippen LogP contribution in [0.1, 0.15) is 31.1 Å². The van der Waals surface area contributed by atoms with E-state index in [0.29, 0.717) is 30.7 Å². The van der Waals surface area contributed by atoms with Crippen LogP contribution in [0.3, 0.4) is 0 Å². The van der Waals surface area contributed by atoms with Crippen LogP contribution in [-0.4, -0.2) is 47.6 Å². The van der Waals surface area contributed by atoms with Gasteiger partial charge in [0.2, 0.25) is 0 Å². The van der Waals surface area contributed by atoms with Gasteiger partial charge in [0.1, 0.15) is 4.21 Å². The van der Waals surface area contributed by atoms with Crippen LogP contribution in [-0.2, 0) is 21.2 Å². The SMILES string of the molecule is CC1(O)CCCN(S(=O)(=O)c2ccc(CC(=O)O)s2)CC1. The van der Waals surface area contributed by atoms with Gasteiger partial charge in [0.15, 0.2) is 0 Å². The van der Waals surface area contributed by atoms with Gasteiger partial charge in [-0.3, -0.25) is 4.79 Å². The van der Waals surface area contributed by atoms with Crippen LogP contribution in [0.5, 0.6) is 0 Å². The smallest absolute Gasteiger partial charge is 0.308 e. The maximum Gasteiger partial charge on any atom is 0.308 e. The van der Waals surface area contributed by atoms with Crippen molar-refractivity contribution in [3.05, 3.63) is 17.0 Å². The maximum absolute atomic E-state index is 12.6. The van der Waals surface area contributed by atoms with Crippen LogP contribution < -0.4 is 0 Å². The zero-order chi connectivity index (χ0) is 15.7. The number of sulfonamides is 1. The van der Waals surface area contributed by atoms with Crippen molar-refractivity contribution >= 4 is 27.3 Å². The molecule has 1 unspecified atom stereocenters.